The Balaban J connectivity index is 2.08. The van der Waals surface area contributed by atoms with Gasteiger partial charge in [0.15, 0.2) is 0 Å². The number of pyridine rings is 1. The molecule has 0 aliphatic carbocycles. The van der Waals surface area contributed by atoms with Crippen molar-refractivity contribution in [3.8, 4) is 0 Å². The number of para-hydroxylation sites is 1. The largest absolute Gasteiger partial charge is 0.410 e. The van der Waals surface area contributed by atoms with Gasteiger partial charge in [0.1, 0.15) is 5.03 Å². The van der Waals surface area contributed by atoms with E-state index in [4.69, 9.17) is 4.43 Å². The van der Waals surface area contributed by atoms with Crippen LogP contribution in [0, 0.1) is 5.41 Å². The molecule has 1 aromatic heterocycles. The van der Waals surface area contributed by atoms with Crippen molar-refractivity contribution in [3.05, 3.63) is 47.9 Å². The number of nitrogens with zero attached hydrogens (tertiary/aromatic N) is 1. The molecule has 0 aliphatic rings. The number of benzene rings is 1. The molecule has 1 atom stereocenters. The van der Waals surface area contributed by atoms with Crippen molar-refractivity contribution in [3.63, 3.8) is 0 Å². The maximum atomic E-state index is 6.10. The molecule has 1 radical (unpaired) electrons. The molecule has 0 aliphatic heterocycles. The summed E-state index contributed by atoms with van der Waals surface area (Å²) in [5, 5.41) is 4.30. The summed E-state index contributed by atoms with van der Waals surface area (Å²) in [5.74, 6) is 0. The molecule has 1 unspecified atom stereocenters. The van der Waals surface area contributed by atoms with E-state index in [2.05, 4.69) is 68.5 Å². The number of aromatic nitrogens is 1. The molecule has 0 N–H and O–H groups in total. The minimum absolute atomic E-state index is 0.107. The SMILES string of the molecule is C[Si](C)OC(C=CSc1ccc2ccccc2n1)C(C)(C)C. The topological polar surface area (TPSA) is 22.1 Å². The molecule has 22 heavy (non-hydrogen) atoms. The highest BCUT2D eigenvalue weighted by molar-refractivity contribution is 8.02. The van der Waals surface area contributed by atoms with Crippen LogP contribution in [-0.4, -0.2) is 20.1 Å². The lowest BCUT2D eigenvalue weighted by molar-refractivity contribution is 0.129. The molecule has 0 spiro atoms. The molecule has 117 valence electrons. The Morgan fingerprint density at radius 1 is 1.14 bits per heavy atom. The van der Waals surface area contributed by atoms with E-state index in [1.807, 2.05) is 18.2 Å². The van der Waals surface area contributed by atoms with E-state index in [-0.39, 0.29) is 11.5 Å². The molecular weight excluding hydrogens is 306 g/mol. The molecule has 2 nitrogen and oxygen atoms in total. The molecule has 0 fully saturated rings. The fraction of sp³-hybridized carbons (Fsp3) is 0.389. The average Bonchev–Trinajstić information content (AvgIpc) is 2.44. The minimum Gasteiger partial charge on any atom is -0.410 e. The molecule has 0 bridgehead atoms. The van der Waals surface area contributed by atoms with Crippen molar-refractivity contribution in [2.24, 2.45) is 5.41 Å². The zero-order chi connectivity index (χ0) is 16.2. The van der Waals surface area contributed by atoms with Crippen molar-refractivity contribution in [2.75, 3.05) is 0 Å². The summed E-state index contributed by atoms with van der Waals surface area (Å²) in [7, 11) is -0.714. The molecule has 1 aromatic carbocycles. The second kappa shape index (κ2) is 7.44. The molecular formula is C18H24NOSSi. The zero-order valence-electron chi connectivity index (χ0n) is 14.0. The van der Waals surface area contributed by atoms with Crippen LogP contribution >= 0.6 is 11.8 Å². The highest BCUT2D eigenvalue weighted by atomic mass is 32.2. The van der Waals surface area contributed by atoms with Gasteiger partial charge in [0, 0.05) is 5.39 Å². The Morgan fingerprint density at radius 2 is 1.86 bits per heavy atom. The second-order valence-electron chi connectivity index (χ2n) is 6.60. The minimum atomic E-state index is -0.714. The van der Waals surface area contributed by atoms with Gasteiger partial charge in [0.2, 0.25) is 9.04 Å². The van der Waals surface area contributed by atoms with Crippen LogP contribution in [0.5, 0.6) is 0 Å². The second-order valence-corrected chi connectivity index (χ2v) is 9.58. The van der Waals surface area contributed by atoms with E-state index in [1.54, 1.807) is 11.8 Å². The summed E-state index contributed by atoms with van der Waals surface area (Å²) in [5.41, 5.74) is 1.15. The van der Waals surface area contributed by atoms with E-state index >= 15 is 0 Å². The van der Waals surface area contributed by atoms with Crippen LogP contribution in [0.3, 0.4) is 0 Å². The molecule has 0 saturated heterocycles. The first-order valence-corrected chi connectivity index (χ1v) is 10.8. The Bertz CT molecular complexity index is 649. The van der Waals surface area contributed by atoms with Crippen molar-refractivity contribution >= 4 is 31.7 Å². The third-order valence-electron chi connectivity index (χ3n) is 3.23. The Morgan fingerprint density at radius 3 is 2.55 bits per heavy atom. The average molecular weight is 331 g/mol. The van der Waals surface area contributed by atoms with Crippen LogP contribution in [-0.2, 0) is 4.43 Å². The van der Waals surface area contributed by atoms with Gasteiger partial charge in [-0.25, -0.2) is 4.98 Å². The first-order chi connectivity index (χ1) is 10.4. The fourth-order valence-electron chi connectivity index (χ4n) is 2.05. The molecule has 2 aromatic rings. The van der Waals surface area contributed by atoms with E-state index in [0.29, 0.717) is 0 Å². The Kier molecular flexibility index (Phi) is 5.84. The monoisotopic (exact) mass is 330 g/mol. The number of rotatable bonds is 5. The number of hydrogen-bond donors (Lipinski definition) is 0. The first-order valence-electron chi connectivity index (χ1n) is 7.52. The smallest absolute Gasteiger partial charge is 0.205 e. The van der Waals surface area contributed by atoms with Gasteiger partial charge in [-0.05, 0) is 42.1 Å². The standard InChI is InChI=1S/C18H24NOSSi/c1-18(2,3)16(20-22(4)5)12-13-21-17-11-10-14-8-6-7-9-15(14)19-17/h6-13,16H,1-5H3. The van der Waals surface area contributed by atoms with Crippen LogP contribution in [0.2, 0.25) is 13.1 Å². The molecule has 0 amide bonds. The summed E-state index contributed by atoms with van der Waals surface area (Å²) in [4.78, 5) is 4.67. The van der Waals surface area contributed by atoms with E-state index < -0.39 is 9.04 Å². The summed E-state index contributed by atoms with van der Waals surface area (Å²) < 4.78 is 6.10. The van der Waals surface area contributed by atoms with Crippen LogP contribution in [0.1, 0.15) is 20.8 Å². The van der Waals surface area contributed by atoms with Gasteiger partial charge in [-0.15, -0.1) is 0 Å². The lowest BCUT2D eigenvalue weighted by Crippen LogP contribution is -2.31. The lowest BCUT2D eigenvalue weighted by Gasteiger charge is -2.29. The van der Waals surface area contributed by atoms with Gasteiger partial charge < -0.3 is 4.43 Å². The van der Waals surface area contributed by atoms with Crippen molar-refractivity contribution < 1.29 is 4.43 Å². The summed E-state index contributed by atoms with van der Waals surface area (Å²) >= 11 is 1.65. The predicted octanol–water partition coefficient (Wildman–Crippen LogP) is 5.52. The quantitative estimate of drug-likeness (QED) is 0.532. The van der Waals surface area contributed by atoms with Gasteiger partial charge in [-0.2, -0.15) is 0 Å². The normalized spacial score (nSPS) is 14.1. The fourth-order valence-corrected chi connectivity index (χ4v) is 3.65. The number of thioether (sulfide) groups is 1. The highest BCUT2D eigenvalue weighted by Crippen LogP contribution is 2.27. The molecule has 0 saturated carbocycles. The predicted molar refractivity (Wildman–Crippen MR) is 98.6 cm³/mol. The summed E-state index contributed by atoms with van der Waals surface area (Å²) in [6.45, 7) is 11.0. The van der Waals surface area contributed by atoms with Crippen molar-refractivity contribution in [1.29, 1.82) is 0 Å². The summed E-state index contributed by atoms with van der Waals surface area (Å²) in [6, 6.07) is 12.4. The van der Waals surface area contributed by atoms with Gasteiger partial charge in [-0.1, -0.05) is 56.8 Å². The van der Waals surface area contributed by atoms with Gasteiger partial charge in [0.25, 0.3) is 0 Å². The maximum Gasteiger partial charge on any atom is 0.205 e. The first kappa shape index (κ1) is 17.3. The third-order valence-corrected chi connectivity index (χ3v) is 4.72. The van der Waals surface area contributed by atoms with Crippen LogP contribution < -0.4 is 0 Å². The summed E-state index contributed by atoms with van der Waals surface area (Å²) in [6.07, 6.45) is 2.31. The number of fused-ring (bicyclic) bond motifs is 1. The van der Waals surface area contributed by atoms with Crippen LogP contribution in [0.15, 0.2) is 52.9 Å². The molecule has 2 rings (SSSR count). The van der Waals surface area contributed by atoms with E-state index in [0.717, 1.165) is 10.5 Å². The number of hydrogen-bond acceptors (Lipinski definition) is 3. The van der Waals surface area contributed by atoms with Crippen molar-refractivity contribution in [1.82, 2.24) is 4.98 Å². The van der Waals surface area contributed by atoms with E-state index in [9.17, 15) is 0 Å². The zero-order valence-corrected chi connectivity index (χ0v) is 15.8. The molecule has 1 heterocycles. The van der Waals surface area contributed by atoms with Crippen LogP contribution in [0.25, 0.3) is 10.9 Å². The maximum absolute atomic E-state index is 6.10. The van der Waals surface area contributed by atoms with E-state index in [1.165, 1.54) is 5.39 Å². The van der Waals surface area contributed by atoms with Crippen LogP contribution in [0.4, 0.5) is 0 Å². The Labute approximate surface area is 139 Å². The lowest BCUT2D eigenvalue weighted by atomic mass is 9.89. The third kappa shape index (κ3) is 4.97. The van der Waals surface area contributed by atoms with Gasteiger partial charge >= 0.3 is 0 Å². The van der Waals surface area contributed by atoms with Gasteiger partial charge in [0.05, 0.1) is 11.6 Å². The Hall–Kier alpha value is -1.10. The van der Waals surface area contributed by atoms with Crippen molar-refractivity contribution in [2.45, 2.75) is 45.0 Å². The highest BCUT2D eigenvalue weighted by Gasteiger charge is 2.23. The molecule has 4 heteroatoms. The van der Waals surface area contributed by atoms with Gasteiger partial charge in [-0.3, -0.25) is 0 Å².